The molecular weight excluding hydrogens is 380 g/mol. The van der Waals surface area contributed by atoms with Crippen molar-refractivity contribution >= 4 is 11.6 Å². The van der Waals surface area contributed by atoms with Crippen LogP contribution in [-0.2, 0) is 11.3 Å². The Morgan fingerprint density at radius 3 is 2.43 bits per heavy atom. The number of hydrazone groups is 1. The standard InChI is InChI=1S/C24H28N2O4/c1-28-18-8-6-7-16(13-18)15-26-24(27)20-10-5-4-9-19(20)23(25-26)17-11-12-21(29-2)22(14-17)30-3/h6-8,11-14,19-20H,4-5,9-10,15H2,1-3H3. The third-order valence-corrected chi connectivity index (χ3v) is 6.06. The van der Waals surface area contributed by atoms with Crippen LogP contribution >= 0.6 is 0 Å². The molecule has 0 aromatic heterocycles. The Balaban J connectivity index is 1.72. The van der Waals surface area contributed by atoms with Crippen LogP contribution in [0.15, 0.2) is 47.6 Å². The first-order chi connectivity index (χ1) is 14.6. The van der Waals surface area contributed by atoms with Crippen molar-refractivity contribution in [3.05, 3.63) is 53.6 Å². The van der Waals surface area contributed by atoms with Crippen LogP contribution in [0.25, 0.3) is 0 Å². The first-order valence-corrected chi connectivity index (χ1v) is 10.4. The minimum Gasteiger partial charge on any atom is -0.497 e. The summed E-state index contributed by atoms with van der Waals surface area (Å²) in [5, 5.41) is 6.49. The Morgan fingerprint density at radius 1 is 0.933 bits per heavy atom. The Kier molecular flexibility index (Phi) is 5.93. The number of amides is 1. The molecule has 1 aliphatic carbocycles. The highest BCUT2D eigenvalue weighted by molar-refractivity contribution is 6.07. The first-order valence-electron chi connectivity index (χ1n) is 10.4. The normalized spacial score (nSPS) is 21.0. The summed E-state index contributed by atoms with van der Waals surface area (Å²) in [5.74, 6) is 2.36. The quantitative estimate of drug-likeness (QED) is 0.716. The van der Waals surface area contributed by atoms with Crippen molar-refractivity contribution in [3.63, 3.8) is 0 Å². The van der Waals surface area contributed by atoms with Gasteiger partial charge in [0.2, 0.25) is 5.91 Å². The second-order valence-corrected chi connectivity index (χ2v) is 7.80. The highest BCUT2D eigenvalue weighted by Crippen LogP contribution is 2.39. The molecule has 2 atom stereocenters. The molecule has 0 saturated heterocycles. The average Bonchev–Trinajstić information content (AvgIpc) is 2.80. The summed E-state index contributed by atoms with van der Waals surface area (Å²) in [7, 11) is 4.90. The van der Waals surface area contributed by atoms with E-state index in [-0.39, 0.29) is 17.7 Å². The lowest BCUT2D eigenvalue weighted by molar-refractivity contribution is -0.139. The second kappa shape index (κ2) is 8.78. The van der Waals surface area contributed by atoms with Crippen LogP contribution in [0.5, 0.6) is 17.2 Å². The number of hydrogen-bond donors (Lipinski definition) is 0. The first kappa shape index (κ1) is 20.3. The molecule has 30 heavy (non-hydrogen) atoms. The maximum atomic E-state index is 13.3. The lowest BCUT2D eigenvalue weighted by Crippen LogP contribution is -2.45. The summed E-state index contributed by atoms with van der Waals surface area (Å²) in [6.45, 7) is 0.427. The number of carbonyl (C=O) groups excluding carboxylic acids is 1. The van der Waals surface area contributed by atoms with Crippen LogP contribution < -0.4 is 14.2 Å². The maximum absolute atomic E-state index is 13.3. The number of benzene rings is 2. The van der Waals surface area contributed by atoms with E-state index in [0.717, 1.165) is 48.3 Å². The third kappa shape index (κ3) is 3.86. The average molecular weight is 408 g/mol. The summed E-state index contributed by atoms with van der Waals surface area (Å²) in [4.78, 5) is 13.3. The van der Waals surface area contributed by atoms with E-state index < -0.39 is 0 Å². The van der Waals surface area contributed by atoms with Crippen LogP contribution in [0.2, 0.25) is 0 Å². The van der Waals surface area contributed by atoms with Crippen molar-refractivity contribution in [1.29, 1.82) is 0 Å². The van der Waals surface area contributed by atoms with E-state index in [4.69, 9.17) is 19.3 Å². The van der Waals surface area contributed by atoms with Gasteiger partial charge in [-0.1, -0.05) is 25.0 Å². The summed E-state index contributed by atoms with van der Waals surface area (Å²) in [5.41, 5.74) is 2.93. The highest BCUT2D eigenvalue weighted by atomic mass is 16.5. The third-order valence-electron chi connectivity index (χ3n) is 6.06. The van der Waals surface area contributed by atoms with Crippen molar-refractivity contribution in [2.24, 2.45) is 16.9 Å². The summed E-state index contributed by atoms with van der Waals surface area (Å²) >= 11 is 0. The summed E-state index contributed by atoms with van der Waals surface area (Å²) < 4.78 is 16.2. The molecule has 0 bridgehead atoms. The van der Waals surface area contributed by atoms with Gasteiger partial charge in [-0.25, -0.2) is 5.01 Å². The van der Waals surface area contributed by atoms with Crippen molar-refractivity contribution in [2.75, 3.05) is 21.3 Å². The molecular formula is C24H28N2O4. The van der Waals surface area contributed by atoms with E-state index in [0.29, 0.717) is 18.0 Å². The van der Waals surface area contributed by atoms with Crippen molar-refractivity contribution < 1.29 is 19.0 Å². The zero-order valence-electron chi connectivity index (χ0n) is 17.8. The minimum absolute atomic E-state index is 0.0232. The molecule has 2 unspecified atom stereocenters. The Hall–Kier alpha value is -3.02. The monoisotopic (exact) mass is 408 g/mol. The number of fused-ring (bicyclic) bond motifs is 1. The summed E-state index contributed by atoms with van der Waals surface area (Å²) in [6, 6.07) is 13.6. The van der Waals surface area contributed by atoms with Crippen molar-refractivity contribution in [3.8, 4) is 17.2 Å². The molecule has 2 aromatic rings. The van der Waals surface area contributed by atoms with Gasteiger partial charge >= 0.3 is 0 Å². The van der Waals surface area contributed by atoms with Crippen LogP contribution in [0.3, 0.4) is 0 Å². The van der Waals surface area contributed by atoms with Gasteiger partial charge in [-0.3, -0.25) is 4.79 Å². The van der Waals surface area contributed by atoms with Crippen LogP contribution in [0.4, 0.5) is 0 Å². The van der Waals surface area contributed by atoms with E-state index in [9.17, 15) is 4.79 Å². The molecule has 6 heteroatoms. The van der Waals surface area contributed by atoms with Gasteiger partial charge < -0.3 is 14.2 Å². The van der Waals surface area contributed by atoms with E-state index in [1.165, 1.54) is 0 Å². The van der Waals surface area contributed by atoms with E-state index >= 15 is 0 Å². The molecule has 0 radical (unpaired) electrons. The summed E-state index contributed by atoms with van der Waals surface area (Å²) in [6.07, 6.45) is 4.09. The number of ether oxygens (including phenoxy) is 3. The van der Waals surface area contributed by atoms with Gasteiger partial charge in [-0.05, 0) is 48.7 Å². The fraction of sp³-hybridized carbons (Fsp3) is 0.417. The molecule has 0 N–H and O–H groups in total. The fourth-order valence-electron chi connectivity index (χ4n) is 4.52. The zero-order valence-corrected chi connectivity index (χ0v) is 17.8. The predicted molar refractivity (Wildman–Crippen MR) is 115 cm³/mol. The molecule has 1 aliphatic heterocycles. The zero-order chi connectivity index (χ0) is 21.1. The second-order valence-electron chi connectivity index (χ2n) is 7.80. The molecule has 6 nitrogen and oxygen atoms in total. The smallest absolute Gasteiger partial charge is 0.246 e. The van der Waals surface area contributed by atoms with E-state index in [1.807, 2.05) is 42.5 Å². The van der Waals surface area contributed by atoms with Crippen molar-refractivity contribution in [2.45, 2.75) is 32.2 Å². The van der Waals surface area contributed by atoms with Crippen LogP contribution in [-0.4, -0.2) is 38.0 Å². The van der Waals surface area contributed by atoms with Crippen LogP contribution in [0, 0.1) is 11.8 Å². The van der Waals surface area contributed by atoms with Gasteiger partial charge in [0, 0.05) is 17.4 Å². The number of carbonyl (C=O) groups is 1. The van der Waals surface area contributed by atoms with Crippen LogP contribution in [0.1, 0.15) is 36.8 Å². The van der Waals surface area contributed by atoms with Gasteiger partial charge in [0.1, 0.15) is 5.75 Å². The van der Waals surface area contributed by atoms with Gasteiger partial charge in [-0.15, -0.1) is 0 Å². The van der Waals surface area contributed by atoms with Gasteiger partial charge in [0.15, 0.2) is 11.5 Å². The number of methoxy groups -OCH3 is 3. The lowest BCUT2D eigenvalue weighted by Gasteiger charge is -2.38. The minimum atomic E-state index is -0.0232. The number of nitrogens with zero attached hydrogens (tertiary/aromatic N) is 2. The van der Waals surface area contributed by atoms with Gasteiger partial charge in [0.05, 0.1) is 33.6 Å². The maximum Gasteiger partial charge on any atom is 0.246 e. The predicted octanol–water partition coefficient (Wildman–Crippen LogP) is 4.27. The molecule has 4 rings (SSSR count). The molecule has 1 saturated carbocycles. The molecule has 1 fully saturated rings. The van der Waals surface area contributed by atoms with Crippen molar-refractivity contribution in [1.82, 2.24) is 5.01 Å². The molecule has 1 heterocycles. The van der Waals surface area contributed by atoms with E-state index in [2.05, 4.69) is 0 Å². The Bertz CT molecular complexity index is 956. The van der Waals surface area contributed by atoms with Gasteiger partial charge in [-0.2, -0.15) is 5.10 Å². The molecule has 1 amide bonds. The largest absolute Gasteiger partial charge is 0.497 e. The number of rotatable bonds is 6. The molecule has 2 aromatic carbocycles. The lowest BCUT2D eigenvalue weighted by atomic mass is 9.73. The number of hydrogen-bond acceptors (Lipinski definition) is 5. The molecule has 2 aliphatic rings. The topological polar surface area (TPSA) is 60.4 Å². The Morgan fingerprint density at radius 2 is 1.70 bits per heavy atom. The Labute approximate surface area is 177 Å². The SMILES string of the molecule is COc1cccc(CN2N=C(c3ccc(OC)c(OC)c3)C3CCCCC3C2=O)c1. The fourth-order valence-corrected chi connectivity index (χ4v) is 4.52. The molecule has 158 valence electrons. The van der Waals surface area contributed by atoms with E-state index in [1.54, 1.807) is 26.3 Å². The molecule has 0 spiro atoms. The highest BCUT2D eigenvalue weighted by Gasteiger charge is 2.41. The van der Waals surface area contributed by atoms with Gasteiger partial charge in [0.25, 0.3) is 0 Å².